The number of hydrogen-bond donors (Lipinski definition) is 0. The van der Waals surface area contributed by atoms with Crippen molar-refractivity contribution in [3.63, 3.8) is 0 Å². The van der Waals surface area contributed by atoms with Crippen LogP contribution in [0.2, 0.25) is 0 Å². The molecule has 1 spiro atoms. The maximum Gasteiger partial charge on any atom is 0.196 e. The predicted molar refractivity (Wildman–Crippen MR) is 67.7 cm³/mol. The molecule has 0 aromatic carbocycles. The van der Waals surface area contributed by atoms with Crippen molar-refractivity contribution in [2.24, 2.45) is 5.41 Å². The van der Waals surface area contributed by atoms with Crippen molar-refractivity contribution in [1.29, 1.82) is 0 Å². The summed E-state index contributed by atoms with van der Waals surface area (Å²) in [6.07, 6.45) is 3.58. The van der Waals surface area contributed by atoms with E-state index in [1.165, 1.54) is 19.0 Å². The fourth-order valence-electron chi connectivity index (χ4n) is 2.22. The van der Waals surface area contributed by atoms with Crippen LogP contribution in [0.3, 0.4) is 0 Å². The van der Waals surface area contributed by atoms with Gasteiger partial charge in [0, 0.05) is 18.4 Å². The van der Waals surface area contributed by atoms with Crippen LogP contribution in [-0.4, -0.2) is 26.1 Å². The molecule has 0 amide bonds. The molecular weight excluding hydrogens is 246 g/mol. The predicted octanol–water partition coefficient (Wildman–Crippen LogP) is 1.47. The monoisotopic (exact) mass is 265 g/mol. The quantitative estimate of drug-likeness (QED) is 0.613. The van der Waals surface area contributed by atoms with Crippen LogP contribution < -0.4 is 9.47 Å². The molecule has 0 N–H and O–H groups in total. The second-order valence-corrected chi connectivity index (χ2v) is 5.58. The Morgan fingerprint density at radius 3 is 2.68 bits per heavy atom. The zero-order valence-electron chi connectivity index (χ0n) is 11.3. The molecule has 1 aromatic rings. The molecule has 1 aromatic heterocycles. The standard InChI is InChI=1S/C14H19NO4/c1-10-11(2)15(16)6-3-12(10)17-7-13-18-8-14(4-5-14)9-19-13/h3,6,13H,4-5,7-9H2,1-2H3. The number of rotatable bonds is 3. The van der Waals surface area contributed by atoms with Crippen molar-refractivity contribution in [2.75, 3.05) is 19.8 Å². The minimum absolute atomic E-state index is 0.300. The fraction of sp³-hybridized carbons (Fsp3) is 0.643. The van der Waals surface area contributed by atoms with Crippen molar-refractivity contribution in [3.05, 3.63) is 28.7 Å². The molecule has 3 rings (SSSR count). The Morgan fingerprint density at radius 1 is 1.37 bits per heavy atom. The molecule has 0 atom stereocenters. The molecule has 1 aliphatic heterocycles. The van der Waals surface area contributed by atoms with E-state index in [2.05, 4.69) is 0 Å². The van der Waals surface area contributed by atoms with E-state index in [9.17, 15) is 5.21 Å². The van der Waals surface area contributed by atoms with Crippen LogP contribution in [-0.2, 0) is 9.47 Å². The number of hydrogen-bond acceptors (Lipinski definition) is 4. The highest BCUT2D eigenvalue weighted by atomic mass is 16.7. The van der Waals surface area contributed by atoms with Gasteiger partial charge in [0.15, 0.2) is 18.2 Å². The van der Waals surface area contributed by atoms with E-state index in [0.717, 1.165) is 23.5 Å². The summed E-state index contributed by atoms with van der Waals surface area (Å²) in [5.41, 5.74) is 1.82. The van der Waals surface area contributed by atoms with Crippen molar-refractivity contribution >= 4 is 0 Å². The molecule has 1 saturated carbocycles. The Kier molecular flexibility index (Phi) is 3.11. The zero-order valence-corrected chi connectivity index (χ0v) is 11.3. The normalized spacial score (nSPS) is 21.6. The topological polar surface area (TPSA) is 54.6 Å². The summed E-state index contributed by atoms with van der Waals surface area (Å²) in [5.74, 6) is 0.712. The fourth-order valence-corrected chi connectivity index (χ4v) is 2.22. The Hall–Kier alpha value is -1.33. The van der Waals surface area contributed by atoms with Crippen LogP contribution in [0, 0.1) is 24.5 Å². The van der Waals surface area contributed by atoms with Gasteiger partial charge in [0.2, 0.25) is 0 Å². The molecule has 2 aliphatic rings. The molecule has 5 nitrogen and oxygen atoms in total. The molecule has 5 heteroatoms. The third kappa shape index (κ3) is 2.53. The first kappa shape index (κ1) is 12.7. The molecule has 0 bridgehead atoms. The van der Waals surface area contributed by atoms with Gasteiger partial charge in [-0.05, 0) is 19.8 Å². The van der Waals surface area contributed by atoms with Crippen LogP contribution >= 0.6 is 0 Å². The number of nitrogens with zero attached hydrogens (tertiary/aromatic N) is 1. The Balaban J connectivity index is 1.56. The molecule has 19 heavy (non-hydrogen) atoms. The minimum atomic E-state index is -0.300. The first-order chi connectivity index (χ1) is 9.10. The highest BCUT2D eigenvalue weighted by molar-refractivity contribution is 5.31. The summed E-state index contributed by atoms with van der Waals surface area (Å²) in [6, 6.07) is 1.68. The maximum atomic E-state index is 11.4. The molecule has 1 aliphatic carbocycles. The zero-order chi connectivity index (χ0) is 13.5. The van der Waals surface area contributed by atoms with E-state index in [0.29, 0.717) is 23.5 Å². The molecule has 2 fully saturated rings. The molecule has 0 radical (unpaired) electrons. The molecule has 2 heterocycles. The maximum absolute atomic E-state index is 11.4. The summed E-state index contributed by atoms with van der Waals surface area (Å²) in [5, 5.41) is 11.4. The van der Waals surface area contributed by atoms with Gasteiger partial charge in [-0.15, -0.1) is 0 Å². The van der Waals surface area contributed by atoms with Gasteiger partial charge < -0.3 is 19.4 Å². The van der Waals surface area contributed by atoms with Gasteiger partial charge >= 0.3 is 0 Å². The lowest BCUT2D eigenvalue weighted by Gasteiger charge is -2.29. The minimum Gasteiger partial charge on any atom is -0.618 e. The van der Waals surface area contributed by atoms with E-state index in [1.807, 2.05) is 6.92 Å². The summed E-state index contributed by atoms with van der Waals surface area (Å²) in [7, 11) is 0. The van der Waals surface area contributed by atoms with Gasteiger partial charge in [-0.1, -0.05) is 0 Å². The van der Waals surface area contributed by atoms with Crippen LogP contribution in [0.5, 0.6) is 5.75 Å². The lowest BCUT2D eigenvalue weighted by molar-refractivity contribution is -0.612. The van der Waals surface area contributed by atoms with E-state index in [-0.39, 0.29) is 6.29 Å². The third-order valence-corrected chi connectivity index (χ3v) is 4.09. The Morgan fingerprint density at radius 2 is 2.05 bits per heavy atom. The van der Waals surface area contributed by atoms with Crippen LogP contribution in [0.25, 0.3) is 0 Å². The number of ether oxygens (including phenoxy) is 3. The van der Waals surface area contributed by atoms with Gasteiger partial charge in [0.05, 0.1) is 18.8 Å². The second kappa shape index (κ2) is 4.65. The number of pyridine rings is 1. The smallest absolute Gasteiger partial charge is 0.196 e. The van der Waals surface area contributed by atoms with E-state index < -0.39 is 0 Å². The van der Waals surface area contributed by atoms with Gasteiger partial charge in [0.1, 0.15) is 12.4 Å². The molecule has 0 unspecified atom stereocenters. The van der Waals surface area contributed by atoms with Gasteiger partial charge in [-0.3, -0.25) is 0 Å². The molecule has 1 saturated heterocycles. The van der Waals surface area contributed by atoms with Crippen molar-refractivity contribution in [1.82, 2.24) is 0 Å². The Bertz CT molecular complexity index is 475. The van der Waals surface area contributed by atoms with Crippen molar-refractivity contribution in [2.45, 2.75) is 33.0 Å². The van der Waals surface area contributed by atoms with Crippen LogP contribution in [0.4, 0.5) is 0 Å². The van der Waals surface area contributed by atoms with Crippen LogP contribution in [0.1, 0.15) is 24.1 Å². The van der Waals surface area contributed by atoms with E-state index in [1.54, 1.807) is 13.0 Å². The first-order valence-corrected chi connectivity index (χ1v) is 6.65. The van der Waals surface area contributed by atoms with Gasteiger partial charge in [-0.25, -0.2) is 0 Å². The van der Waals surface area contributed by atoms with Crippen LogP contribution in [0.15, 0.2) is 12.3 Å². The SMILES string of the molecule is Cc1c(OCC2OCC3(CC3)CO2)cc[n+]([O-])c1C. The van der Waals surface area contributed by atoms with Crippen molar-refractivity contribution in [3.8, 4) is 5.75 Å². The third-order valence-electron chi connectivity index (χ3n) is 4.09. The average Bonchev–Trinajstić information content (AvgIpc) is 3.17. The second-order valence-electron chi connectivity index (χ2n) is 5.58. The van der Waals surface area contributed by atoms with Gasteiger partial charge in [-0.2, -0.15) is 4.73 Å². The lowest BCUT2D eigenvalue weighted by Crippen LogP contribution is -2.37. The molecule has 104 valence electrons. The van der Waals surface area contributed by atoms with E-state index in [4.69, 9.17) is 14.2 Å². The largest absolute Gasteiger partial charge is 0.618 e. The van der Waals surface area contributed by atoms with E-state index >= 15 is 0 Å². The number of aromatic nitrogens is 1. The average molecular weight is 265 g/mol. The summed E-state index contributed by atoms with van der Waals surface area (Å²) >= 11 is 0. The lowest BCUT2D eigenvalue weighted by atomic mass is 10.1. The highest BCUT2D eigenvalue weighted by Gasteiger charge is 2.47. The highest BCUT2D eigenvalue weighted by Crippen LogP contribution is 2.48. The Labute approximate surface area is 112 Å². The first-order valence-electron chi connectivity index (χ1n) is 6.65. The summed E-state index contributed by atoms with van der Waals surface area (Å²) in [6.45, 7) is 5.56. The van der Waals surface area contributed by atoms with Crippen molar-refractivity contribution < 1.29 is 18.9 Å². The van der Waals surface area contributed by atoms with Gasteiger partial charge in [0.25, 0.3) is 0 Å². The summed E-state index contributed by atoms with van der Waals surface area (Å²) < 4.78 is 17.9. The molecular formula is C14H19NO4. The summed E-state index contributed by atoms with van der Waals surface area (Å²) in [4.78, 5) is 0.